The van der Waals surface area contributed by atoms with Crippen LogP contribution in [0.3, 0.4) is 0 Å². The van der Waals surface area contributed by atoms with Crippen LogP contribution in [0.1, 0.15) is 35.3 Å². The number of nitrogens with two attached hydrogens (primary N) is 1. The highest BCUT2D eigenvalue weighted by molar-refractivity contribution is 7.18. The Hall–Kier alpha value is -3.50. The second-order valence-electron chi connectivity index (χ2n) is 7.77. The zero-order valence-electron chi connectivity index (χ0n) is 17.1. The first-order chi connectivity index (χ1) is 15.2. The summed E-state index contributed by atoms with van der Waals surface area (Å²) < 4.78 is 0. The molecule has 0 bridgehead atoms. The van der Waals surface area contributed by atoms with E-state index < -0.39 is 0 Å². The van der Waals surface area contributed by atoms with Crippen LogP contribution < -0.4 is 10.6 Å². The minimum Gasteiger partial charge on any atom is -0.383 e. The number of nitrogens with zero attached hydrogens (tertiary/aromatic N) is 5. The van der Waals surface area contributed by atoms with Crippen LogP contribution in [0, 0.1) is 11.3 Å². The number of pyridine rings is 1. The maximum Gasteiger partial charge on any atom is 0.163 e. The summed E-state index contributed by atoms with van der Waals surface area (Å²) in [5.41, 5.74) is 8.89. The van der Waals surface area contributed by atoms with Gasteiger partial charge in [0, 0.05) is 36.1 Å². The van der Waals surface area contributed by atoms with Crippen molar-refractivity contribution in [1.82, 2.24) is 15.0 Å². The van der Waals surface area contributed by atoms with Crippen LogP contribution in [0.15, 0.2) is 48.7 Å². The molecule has 0 amide bonds. The molecule has 0 unspecified atom stereocenters. The van der Waals surface area contributed by atoms with E-state index in [2.05, 4.69) is 28.1 Å². The molecule has 31 heavy (non-hydrogen) atoms. The molecule has 7 heteroatoms. The number of aromatic nitrogens is 3. The second-order valence-corrected chi connectivity index (χ2v) is 8.88. The normalized spacial score (nSPS) is 14.0. The molecule has 0 aliphatic carbocycles. The number of hydrogen-bond donors (Lipinski definition) is 1. The van der Waals surface area contributed by atoms with Crippen LogP contribution in [0.25, 0.3) is 21.6 Å². The number of thiophene rings is 1. The number of rotatable bonds is 4. The summed E-state index contributed by atoms with van der Waals surface area (Å²) in [4.78, 5) is 18.4. The third kappa shape index (κ3) is 3.94. The van der Waals surface area contributed by atoms with E-state index in [4.69, 9.17) is 15.7 Å². The summed E-state index contributed by atoms with van der Waals surface area (Å²) in [5.74, 6) is 2.10. The Balaban J connectivity index is 1.49. The minimum absolute atomic E-state index is 0.465. The van der Waals surface area contributed by atoms with E-state index >= 15 is 0 Å². The topological polar surface area (TPSA) is 91.7 Å². The van der Waals surface area contributed by atoms with Gasteiger partial charge in [0.2, 0.25) is 0 Å². The van der Waals surface area contributed by atoms with Crippen molar-refractivity contribution < 1.29 is 0 Å². The molecule has 1 aliphatic heterocycles. The van der Waals surface area contributed by atoms with E-state index in [9.17, 15) is 5.26 Å². The number of hydrogen-bond acceptors (Lipinski definition) is 7. The quantitative estimate of drug-likeness (QED) is 0.504. The van der Waals surface area contributed by atoms with E-state index in [1.54, 1.807) is 23.5 Å². The highest BCUT2D eigenvalue weighted by Gasteiger charge is 2.17. The molecule has 4 heterocycles. The third-order valence-electron chi connectivity index (χ3n) is 5.61. The molecule has 1 fully saturated rings. The van der Waals surface area contributed by atoms with Crippen molar-refractivity contribution in [1.29, 1.82) is 5.26 Å². The van der Waals surface area contributed by atoms with Crippen molar-refractivity contribution in [2.45, 2.75) is 25.7 Å². The van der Waals surface area contributed by atoms with E-state index in [0.29, 0.717) is 17.2 Å². The van der Waals surface area contributed by atoms with Crippen molar-refractivity contribution in [3.63, 3.8) is 0 Å². The van der Waals surface area contributed by atoms with Crippen molar-refractivity contribution in [2.24, 2.45) is 0 Å². The molecule has 6 nitrogen and oxygen atoms in total. The smallest absolute Gasteiger partial charge is 0.163 e. The number of nitriles is 1. The van der Waals surface area contributed by atoms with Gasteiger partial charge in [0.25, 0.3) is 0 Å². The molecular formula is C24H22N6S. The first kappa shape index (κ1) is 19.5. The molecule has 0 atom stereocenters. The van der Waals surface area contributed by atoms with Gasteiger partial charge in [0.1, 0.15) is 16.5 Å². The van der Waals surface area contributed by atoms with Crippen molar-refractivity contribution in [3.05, 3.63) is 64.7 Å². The number of nitrogen functional groups attached to an aromatic ring is 1. The van der Waals surface area contributed by atoms with Crippen LogP contribution in [0.5, 0.6) is 0 Å². The van der Waals surface area contributed by atoms with Gasteiger partial charge in [-0.25, -0.2) is 15.0 Å². The van der Waals surface area contributed by atoms with Gasteiger partial charge in [-0.1, -0.05) is 18.2 Å². The Morgan fingerprint density at radius 1 is 1.06 bits per heavy atom. The summed E-state index contributed by atoms with van der Waals surface area (Å²) in [6, 6.07) is 15.7. The molecular weight excluding hydrogens is 404 g/mol. The lowest BCUT2D eigenvalue weighted by Gasteiger charge is -2.29. The zero-order chi connectivity index (χ0) is 21.2. The standard InChI is InChI=1S/C24H22N6S/c25-15-16-6-4-7-17(12-16)22-28-21(26)20-14-19(31-24(20)29-22)13-18-8-5-9-27-23(18)30-10-2-1-3-11-30/h4-9,12,14H,1-3,10-11,13H2,(H2,26,28,29). The molecule has 1 aromatic carbocycles. The van der Waals surface area contributed by atoms with E-state index in [1.807, 2.05) is 24.4 Å². The Morgan fingerprint density at radius 2 is 1.94 bits per heavy atom. The Morgan fingerprint density at radius 3 is 2.77 bits per heavy atom. The fourth-order valence-corrected chi connectivity index (χ4v) is 5.14. The van der Waals surface area contributed by atoms with E-state index in [0.717, 1.165) is 41.1 Å². The third-order valence-corrected chi connectivity index (χ3v) is 6.64. The Bertz CT molecular complexity index is 1280. The molecule has 1 saturated heterocycles. The molecule has 4 aromatic rings. The molecule has 5 rings (SSSR count). The highest BCUT2D eigenvalue weighted by Crippen LogP contribution is 2.33. The fraction of sp³-hybridized carbons (Fsp3) is 0.250. The SMILES string of the molecule is N#Cc1cccc(-c2nc(N)c3cc(Cc4cccnc4N4CCCCC4)sc3n2)c1. The van der Waals surface area contributed by atoms with Gasteiger partial charge in [0.05, 0.1) is 17.0 Å². The van der Waals surface area contributed by atoms with Crippen LogP contribution in [-0.2, 0) is 6.42 Å². The van der Waals surface area contributed by atoms with Crippen LogP contribution in [0.2, 0.25) is 0 Å². The second kappa shape index (κ2) is 8.32. The van der Waals surface area contributed by atoms with Gasteiger partial charge in [-0.3, -0.25) is 0 Å². The van der Waals surface area contributed by atoms with Gasteiger partial charge in [0.15, 0.2) is 5.82 Å². The summed E-state index contributed by atoms with van der Waals surface area (Å²) in [6.07, 6.45) is 6.41. The number of fused-ring (bicyclic) bond motifs is 1. The predicted molar refractivity (Wildman–Crippen MR) is 125 cm³/mol. The summed E-state index contributed by atoms with van der Waals surface area (Å²) in [7, 11) is 0. The molecule has 0 saturated carbocycles. The number of piperidine rings is 1. The van der Waals surface area contributed by atoms with Gasteiger partial charge < -0.3 is 10.6 Å². The molecule has 0 radical (unpaired) electrons. The minimum atomic E-state index is 0.465. The lowest BCUT2D eigenvalue weighted by Crippen LogP contribution is -2.31. The molecule has 0 spiro atoms. The van der Waals surface area contributed by atoms with Crippen molar-refractivity contribution in [2.75, 3.05) is 23.7 Å². The monoisotopic (exact) mass is 426 g/mol. The van der Waals surface area contributed by atoms with Crippen LogP contribution >= 0.6 is 11.3 Å². The first-order valence-electron chi connectivity index (χ1n) is 10.5. The van der Waals surface area contributed by atoms with Crippen molar-refractivity contribution in [3.8, 4) is 17.5 Å². The molecule has 2 N–H and O–H groups in total. The molecule has 154 valence electrons. The average Bonchev–Trinajstić information content (AvgIpc) is 3.23. The van der Waals surface area contributed by atoms with Gasteiger partial charge >= 0.3 is 0 Å². The summed E-state index contributed by atoms with van der Waals surface area (Å²) >= 11 is 1.64. The average molecular weight is 427 g/mol. The van der Waals surface area contributed by atoms with Gasteiger partial charge in [-0.2, -0.15) is 5.26 Å². The van der Waals surface area contributed by atoms with Crippen LogP contribution in [0.4, 0.5) is 11.6 Å². The molecule has 3 aromatic heterocycles. The lowest BCUT2D eigenvalue weighted by molar-refractivity contribution is 0.572. The fourth-order valence-electron chi connectivity index (χ4n) is 4.08. The van der Waals surface area contributed by atoms with E-state index in [-0.39, 0.29) is 0 Å². The number of anilines is 2. The van der Waals surface area contributed by atoms with Gasteiger partial charge in [-0.15, -0.1) is 11.3 Å². The first-order valence-corrected chi connectivity index (χ1v) is 11.3. The number of benzene rings is 1. The zero-order valence-corrected chi connectivity index (χ0v) is 17.9. The van der Waals surface area contributed by atoms with Crippen molar-refractivity contribution >= 4 is 33.2 Å². The Kier molecular flexibility index (Phi) is 5.23. The van der Waals surface area contributed by atoms with Crippen LogP contribution in [-0.4, -0.2) is 28.0 Å². The van der Waals surface area contributed by atoms with Gasteiger partial charge in [-0.05, 0) is 49.1 Å². The summed E-state index contributed by atoms with van der Waals surface area (Å²) in [6.45, 7) is 2.14. The highest BCUT2D eigenvalue weighted by atomic mass is 32.1. The lowest BCUT2D eigenvalue weighted by atomic mass is 10.1. The Labute approximate surface area is 185 Å². The largest absolute Gasteiger partial charge is 0.383 e. The predicted octanol–water partition coefficient (Wildman–Crippen LogP) is 4.79. The maximum atomic E-state index is 9.17. The maximum absolute atomic E-state index is 9.17. The molecule has 1 aliphatic rings. The van der Waals surface area contributed by atoms with E-state index in [1.165, 1.54) is 29.7 Å². The summed E-state index contributed by atoms with van der Waals surface area (Å²) in [5, 5.41) is 10.1.